The maximum atomic E-state index is 6.03. The zero-order chi connectivity index (χ0) is 9.84. The number of hydrogen-bond donors (Lipinski definition) is 0. The topological polar surface area (TPSA) is 25.8 Å². The summed E-state index contributed by atoms with van der Waals surface area (Å²) in [7, 11) is 0. The van der Waals surface area contributed by atoms with Crippen molar-refractivity contribution in [2.45, 2.75) is 44.9 Å². The first-order valence-electron chi connectivity index (χ1n) is 4.60. The third-order valence-corrected chi connectivity index (χ3v) is 3.05. The quantitative estimate of drug-likeness (QED) is 0.726. The second-order valence-corrected chi connectivity index (χ2v) is 4.86. The lowest BCUT2D eigenvalue weighted by molar-refractivity contribution is 0.765. The van der Waals surface area contributed by atoms with Crippen LogP contribution >= 0.6 is 23.1 Å². The van der Waals surface area contributed by atoms with E-state index in [1.165, 1.54) is 11.5 Å². The van der Waals surface area contributed by atoms with Crippen LogP contribution in [-0.2, 0) is 6.42 Å². The molecule has 0 saturated heterocycles. The lowest BCUT2D eigenvalue weighted by atomic mass is 10.2. The third-order valence-electron chi connectivity index (χ3n) is 1.84. The average Bonchev–Trinajstić information content (AvgIpc) is 2.52. The van der Waals surface area contributed by atoms with E-state index in [4.69, 9.17) is 11.6 Å². The van der Waals surface area contributed by atoms with Crippen LogP contribution in [0.3, 0.4) is 0 Å². The van der Waals surface area contributed by atoms with Crippen LogP contribution in [0.15, 0.2) is 0 Å². The summed E-state index contributed by atoms with van der Waals surface area (Å²) in [6.07, 6.45) is 1.83. The summed E-state index contributed by atoms with van der Waals surface area (Å²) in [5.74, 6) is 1.36. The molecule has 1 aromatic rings. The molecule has 1 atom stereocenters. The second kappa shape index (κ2) is 4.91. The molecule has 0 aliphatic heterocycles. The number of alkyl halides is 1. The van der Waals surface area contributed by atoms with Crippen molar-refractivity contribution in [2.24, 2.45) is 0 Å². The van der Waals surface area contributed by atoms with Gasteiger partial charge in [-0.15, -0.1) is 11.6 Å². The lowest BCUT2D eigenvalue weighted by Crippen LogP contribution is -2.01. The summed E-state index contributed by atoms with van der Waals surface area (Å²) in [4.78, 5) is 4.42. The maximum Gasteiger partial charge on any atom is 0.145 e. The smallest absolute Gasteiger partial charge is 0.145 e. The monoisotopic (exact) mass is 218 g/mol. The molecule has 0 spiro atoms. The van der Waals surface area contributed by atoms with Crippen molar-refractivity contribution in [3.05, 3.63) is 10.8 Å². The normalized spacial score (nSPS) is 13.6. The lowest BCUT2D eigenvalue weighted by Gasteiger charge is -2.01. The van der Waals surface area contributed by atoms with Gasteiger partial charge < -0.3 is 0 Å². The number of hydrogen-bond acceptors (Lipinski definition) is 3. The molecule has 1 aromatic heterocycles. The average molecular weight is 219 g/mol. The maximum absolute atomic E-state index is 6.03. The first kappa shape index (κ1) is 10.9. The number of nitrogens with zero attached hydrogens (tertiary/aromatic N) is 2. The summed E-state index contributed by atoms with van der Waals surface area (Å²) in [5.41, 5.74) is 0. The van der Waals surface area contributed by atoms with Crippen LogP contribution in [0.4, 0.5) is 0 Å². The molecule has 0 saturated carbocycles. The molecule has 0 aliphatic carbocycles. The van der Waals surface area contributed by atoms with E-state index in [-0.39, 0.29) is 5.38 Å². The molecule has 1 rings (SSSR count). The van der Waals surface area contributed by atoms with Crippen LogP contribution < -0.4 is 0 Å². The van der Waals surface area contributed by atoms with E-state index < -0.39 is 0 Å². The first-order valence-corrected chi connectivity index (χ1v) is 5.81. The molecule has 1 unspecified atom stereocenters. The summed E-state index contributed by atoms with van der Waals surface area (Å²) < 4.78 is 4.27. The van der Waals surface area contributed by atoms with Crippen molar-refractivity contribution in [1.29, 1.82) is 0 Å². The van der Waals surface area contributed by atoms with Gasteiger partial charge in [0.2, 0.25) is 0 Å². The fourth-order valence-corrected chi connectivity index (χ4v) is 2.02. The zero-order valence-corrected chi connectivity index (χ0v) is 9.82. The Morgan fingerprint density at radius 1 is 1.46 bits per heavy atom. The van der Waals surface area contributed by atoms with Gasteiger partial charge in [-0.25, -0.2) is 4.98 Å². The Morgan fingerprint density at radius 2 is 2.15 bits per heavy atom. The van der Waals surface area contributed by atoms with Gasteiger partial charge in [0.25, 0.3) is 0 Å². The van der Waals surface area contributed by atoms with Gasteiger partial charge >= 0.3 is 0 Å². The molecular weight excluding hydrogens is 204 g/mol. The summed E-state index contributed by atoms with van der Waals surface area (Å²) in [6, 6.07) is 0. The van der Waals surface area contributed by atoms with E-state index in [0.717, 1.165) is 23.7 Å². The Kier molecular flexibility index (Phi) is 4.13. The van der Waals surface area contributed by atoms with E-state index in [1.54, 1.807) is 0 Å². The van der Waals surface area contributed by atoms with Crippen molar-refractivity contribution >= 4 is 23.1 Å². The molecule has 0 fully saturated rings. The van der Waals surface area contributed by atoms with Crippen LogP contribution in [0.1, 0.15) is 43.9 Å². The minimum atomic E-state index is 0.202. The minimum Gasteiger partial charge on any atom is -0.224 e. The molecule has 0 bridgehead atoms. The molecule has 0 aromatic carbocycles. The van der Waals surface area contributed by atoms with E-state index in [0.29, 0.717) is 5.92 Å². The molecule has 13 heavy (non-hydrogen) atoms. The van der Waals surface area contributed by atoms with Crippen molar-refractivity contribution in [3.63, 3.8) is 0 Å². The Morgan fingerprint density at radius 3 is 2.62 bits per heavy atom. The van der Waals surface area contributed by atoms with Crippen molar-refractivity contribution in [2.75, 3.05) is 0 Å². The van der Waals surface area contributed by atoms with Gasteiger partial charge in [-0.05, 0) is 18.0 Å². The highest BCUT2D eigenvalue weighted by Crippen LogP contribution is 2.17. The minimum absolute atomic E-state index is 0.202. The number of halogens is 1. The van der Waals surface area contributed by atoms with E-state index in [1.807, 2.05) is 0 Å². The molecule has 0 amide bonds. The van der Waals surface area contributed by atoms with Gasteiger partial charge in [0.15, 0.2) is 0 Å². The predicted molar refractivity (Wildman–Crippen MR) is 57.6 cm³/mol. The van der Waals surface area contributed by atoms with Gasteiger partial charge in [0, 0.05) is 17.7 Å². The highest BCUT2D eigenvalue weighted by Gasteiger charge is 2.10. The molecule has 4 heteroatoms. The highest BCUT2D eigenvalue weighted by atomic mass is 35.5. The van der Waals surface area contributed by atoms with Crippen LogP contribution in [0.2, 0.25) is 0 Å². The van der Waals surface area contributed by atoms with Gasteiger partial charge in [0.05, 0.1) is 0 Å². The van der Waals surface area contributed by atoms with Gasteiger partial charge in [0.1, 0.15) is 10.8 Å². The predicted octanol–water partition coefficient (Wildman–Crippen LogP) is 3.22. The Balaban J connectivity index is 2.58. The largest absolute Gasteiger partial charge is 0.224 e. The highest BCUT2D eigenvalue weighted by molar-refractivity contribution is 7.05. The van der Waals surface area contributed by atoms with E-state index >= 15 is 0 Å². The second-order valence-electron chi connectivity index (χ2n) is 3.41. The van der Waals surface area contributed by atoms with Crippen molar-refractivity contribution in [1.82, 2.24) is 9.36 Å². The fourth-order valence-electron chi connectivity index (χ4n) is 0.919. The Labute approximate surface area is 88.5 Å². The molecule has 2 nitrogen and oxygen atoms in total. The Bertz CT molecular complexity index is 260. The molecular formula is C9H15ClN2S. The molecule has 0 N–H and O–H groups in total. The van der Waals surface area contributed by atoms with Crippen LogP contribution in [-0.4, -0.2) is 14.7 Å². The molecule has 1 heterocycles. The molecule has 74 valence electrons. The van der Waals surface area contributed by atoms with Crippen LogP contribution in [0.25, 0.3) is 0 Å². The van der Waals surface area contributed by atoms with E-state index in [2.05, 4.69) is 30.1 Å². The molecule has 0 radical (unpaired) electrons. The number of rotatable bonds is 4. The zero-order valence-electron chi connectivity index (χ0n) is 8.25. The summed E-state index contributed by atoms with van der Waals surface area (Å²) >= 11 is 7.50. The summed E-state index contributed by atoms with van der Waals surface area (Å²) in [5, 5.41) is 1.26. The summed E-state index contributed by atoms with van der Waals surface area (Å²) in [6.45, 7) is 6.29. The van der Waals surface area contributed by atoms with Crippen molar-refractivity contribution < 1.29 is 0 Å². The first-order chi connectivity index (χ1) is 6.13. The van der Waals surface area contributed by atoms with Gasteiger partial charge in [-0.3, -0.25) is 0 Å². The van der Waals surface area contributed by atoms with Gasteiger partial charge in [-0.1, -0.05) is 20.8 Å². The standard InChI is InChI=1S/C9H15ClN2S/c1-4-7(10)5-8-11-9(6(2)3)12-13-8/h6-7H,4-5H2,1-3H3. The Hall–Kier alpha value is -0.150. The fraction of sp³-hybridized carbons (Fsp3) is 0.778. The van der Waals surface area contributed by atoms with Crippen molar-refractivity contribution in [3.8, 4) is 0 Å². The van der Waals surface area contributed by atoms with Gasteiger partial charge in [-0.2, -0.15) is 4.37 Å². The van der Waals surface area contributed by atoms with E-state index in [9.17, 15) is 0 Å². The number of aromatic nitrogens is 2. The molecule has 0 aliphatic rings. The SMILES string of the molecule is CCC(Cl)Cc1nc(C(C)C)ns1. The van der Waals surface area contributed by atoms with Crippen LogP contribution in [0.5, 0.6) is 0 Å². The van der Waals surface area contributed by atoms with Crippen LogP contribution in [0, 0.1) is 0 Å². The third kappa shape index (κ3) is 3.24.